The third kappa shape index (κ3) is 7.50. The predicted molar refractivity (Wildman–Crippen MR) is 193 cm³/mol. The zero-order valence-electron chi connectivity index (χ0n) is 28.6. The topological polar surface area (TPSA) is 169 Å². The fourth-order valence-corrected chi connectivity index (χ4v) is 8.42. The third-order valence-corrected chi connectivity index (χ3v) is 11.9. The molecule has 1 aromatic carbocycles. The molecule has 2 saturated carbocycles. The summed E-state index contributed by atoms with van der Waals surface area (Å²) in [5.74, 6) is -1.75. The van der Waals surface area contributed by atoms with Crippen molar-refractivity contribution in [2.75, 3.05) is 19.0 Å². The number of hydrogen-bond donors (Lipinski definition) is 3. The van der Waals surface area contributed by atoms with Crippen molar-refractivity contribution >= 4 is 67.4 Å². The van der Waals surface area contributed by atoms with Gasteiger partial charge < -0.3 is 14.8 Å². The maximum absolute atomic E-state index is 14.2. The van der Waals surface area contributed by atoms with Crippen molar-refractivity contribution in [1.29, 1.82) is 0 Å². The molecule has 16 heteroatoms. The first kappa shape index (κ1) is 36.8. The molecule has 13 nitrogen and oxygen atoms in total. The quantitative estimate of drug-likeness (QED) is 0.223. The van der Waals surface area contributed by atoms with Crippen molar-refractivity contribution in [2.45, 2.75) is 75.4 Å². The standard InChI is InChI=1S/C35H40Cl2N6O7S/c1-6-19-14-35(19,33(46)42-51(47,48)24-8-9-24)43-18-23(50-32-26-12-20(36)7-10-25(26)28(49-5)17-39-32)13-27(43)30(44)41-31(45)29(34(2,3)4)40-22-11-21(37)15-38-16-22/h6-7,10-12,15-17,19,23-24,27,29,40H,1,8-9,13-14,18H2,2-5H3,(H,42,46)(H,41,44,45)/t19-,23-,27+,29?,35-/m1/s1. The smallest absolute Gasteiger partial charge is 0.254 e. The molecule has 0 spiro atoms. The minimum absolute atomic E-state index is 0.0401. The van der Waals surface area contributed by atoms with Crippen LogP contribution in [0.2, 0.25) is 10.0 Å². The summed E-state index contributed by atoms with van der Waals surface area (Å²) in [7, 11) is -2.38. The second-order valence-electron chi connectivity index (χ2n) is 14.3. The number of sulfonamides is 1. The number of carbonyl (C=O) groups is 3. The maximum atomic E-state index is 14.2. The fraction of sp³-hybridized carbons (Fsp3) is 0.457. The van der Waals surface area contributed by atoms with Gasteiger partial charge in [-0.2, -0.15) is 0 Å². The van der Waals surface area contributed by atoms with Crippen molar-refractivity contribution in [2.24, 2.45) is 11.3 Å². The van der Waals surface area contributed by atoms with Crippen molar-refractivity contribution in [3.05, 3.63) is 65.6 Å². The number of likely N-dealkylation sites (tertiary alicyclic amines) is 1. The molecule has 51 heavy (non-hydrogen) atoms. The lowest BCUT2D eigenvalue weighted by molar-refractivity contribution is -0.136. The molecule has 0 radical (unpaired) electrons. The Bertz CT molecular complexity index is 2000. The van der Waals surface area contributed by atoms with Gasteiger partial charge >= 0.3 is 0 Å². The lowest BCUT2D eigenvalue weighted by Crippen LogP contribution is -2.59. The van der Waals surface area contributed by atoms with Gasteiger partial charge in [-0.15, -0.1) is 6.58 Å². The summed E-state index contributed by atoms with van der Waals surface area (Å²) in [5, 5.41) is 7.15. The average molecular weight is 760 g/mol. The van der Waals surface area contributed by atoms with Crippen LogP contribution < -0.4 is 24.8 Å². The van der Waals surface area contributed by atoms with Crippen LogP contribution in [0.4, 0.5) is 5.69 Å². The number of nitrogens with one attached hydrogen (secondary N) is 3. The summed E-state index contributed by atoms with van der Waals surface area (Å²) in [5.41, 5.74) is -1.60. The van der Waals surface area contributed by atoms with Gasteiger partial charge in [0.15, 0.2) is 0 Å². The van der Waals surface area contributed by atoms with Crippen LogP contribution in [0.1, 0.15) is 46.5 Å². The summed E-state index contributed by atoms with van der Waals surface area (Å²) in [6.07, 6.45) is 6.58. The molecule has 5 atom stereocenters. The van der Waals surface area contributed by atoms with Gasteiger partial charge in [0.05, 0.1) is 41.5 Å². The molecular formula is C35H40Cl2N6O7S. The van der Waals surface area contributed by atoms with E-state index in [4.69, 9.17) is 32.7 Å². The zero-order chi connectivity index (χ0) is 36.9. The van der Waals surface area contributed by atoms with Gasteiger partial charge in [0.1, 0.15) is 23.4 Å². The number of benzene rings is 1. The predicted octanol–water partition coefficient (Wildman–Crippen LogP) is 4.49. The maximum Gasteiger partial charge on any atom is 0.254 e. The number of amides is 3. The van der Waals surface area contributed by atoms with E-state index in [-0.39, 0.29) is 25.3 Å². The summed E-state index contributed by atoms with van der Waals surface area (Å²) in [4.78, 5) is 52.2. The Morgan fingerprint density at radius 2 is 1.84 bits per heavy atom. The Labute approximate surface area is 306 Å². The highest BCUT2D eigenvalue weighted by Gasteiger charge is 2.67. The van der Waals surface area contributed by atoms with Crippen LogP contribution in [-0.2, 0) is 24.4 Å². The van der Waals surface area contributed by atoms with Crippen LogP contribution in [0, 0.1) is 11.3 Å². The van der Waals surface area contributed by atoms with Gasteiger partial charge in [-0.05, 0) is 48.9 Å². The van der Waals surface area contributed by atoms with Gasteiger partial charge in [-0.3, -0.25) is 34.3 Å². The number of hydrogen-bond acceptors (Lipinski definition) is 11. The van der Waals surface area contributed by atoms with E-state index < -0.39 is 68.1 Å². The molecule has 0 bridgehead atoms. The highest BCUT2D eigenvalue weighted by Crippen LogP contribution is 2.53. The van der Waals surface area contributed by atoms with E-state index in [1.54, 1.807) is 35.2 Å². The molecule has 272 valence electrons. The largest absolute Gasteiger partial charge is 0.494 e. The van der Waals surface area contributed by atoms with E-state index in [9.17, 15) is 22.8 Å². The minimum atomic E-state index is -3.91. The molecule has 2 aromatic heterocycles. The van der Waals surface area contributed by atoms with E-state index in [0.717, 1.165) is 0 Å². The lowest BCUT2D eigenvalue weighted by atomic mass is 9.86. The zero-order valence-corrected chi connectivity index (χ0v) is 30.9. The molecule has 3 aromatic rings. The Hall–Kier alpha value is -3.98. The van der Waals surface area contributed by atoms with Crippen LogP contribution in [0.25, 0.3) is 10.8 Å². The number of aromatic nitrogens is 2. The normalized spacial score (nSPS) is 24.0. The Morgan fingerprint density at radius 1 is 1.10 bits per heavy atom. The number of imide groups is 1. The van der Waals surface area contributed by atoms with Crippen LogP contribution in [0.15, 0.2) is 55.5 Å². The first-order valence-corrected chi connectivity index (χ1v) is 18.8. The molecule has 3 fully saturated rings. The average Bonchev–Trinajstić information content (AvgIpc) is 4.00. The highest BCUT2D eigenvalue weighted by molar-refractivity contribution is 7.91. The fourth-order valence-electron chi connectivity index (χ4n) is 6.72. The van der Waals surface area contributed by atoms with Crippen LogP contribution >= 0.6 is 23.2 Å². The van der Waals surface area contributed by atoms with Crippen molar-refractivity contribution in [3.8, 4) is 11.6 Å². The number of rotatable bonds is 12. The van der Waals surface area contributed by atoms with Crippen molar-refractivity contribution < 1.29 is 32.3 Å². The number of nitrogens with zero attached hydrogens (tertiary/aromatic N) is 3. The molecule has 3 amide bonds. The molecular weight excluding hydrogens is 719 g/mol. The van der Waals surface area contributed by atoms with E-state index in [1.165, 1.54) is 25.7 Å². The number of carbonyl (C=O) groups excluding carboxylic acids is 3. The van der Waals surface area contributed by atoms with Gasteiger partial charge in [-0.1, -0.05) is 50.0 Å². The van der Waals surface area contributed by atoms with Crippen molar-refractivity contribution in [3.63, 3.8) is 0 Å². The lowest BCUT2D eigenvalue weighted by Gasteiger charge is -2.34. The highest BCUT2D eigenvalue weighted by atomic mass is 35.5. The number of ether oxygens (including phenoxy) is 2. The van der Waals surface area contributed by atoms with Gasteiger partial charge in [-0.25, -0.2) is 13.4 Å². The summed E-state index contributed by atoms with van der Waals surface area (Å²) < 4.78 is 40.0. The molecule has 1 saturated heterocycles. The van der Waals surface area contributed by atoms with E-state index >= 15 is 0 Å². The molecule has 6 rings (SSSR count). The molecule has 2 aliphatic carbocycles. The number of methoxy groups -OCH3 is 1. The van der Waals surface area contributed by atoms with Crippen molar-refractivity contribution in [1.82, 2.24) is 24.9 Å². The summed E-state index contributed by atoms with van der Waals surface area (Å²) in [6, 6.07) is 4.84. The van der Waals surface area contributed by atoms with Crippen LogP contribution in [0.3, 0.4) is 0 Å². The Kier molecular flexibility index (Phi) is 10.0. The summed E-state index contributed by atoms with van der Waals surface area (Å²) >= 11 is 12.5. The SMILES string of the molecule is C=C[C@@H]1C[C@@]1(C(=O)NS(=O)(=O)C1CC1)N1C[C@H](Oc2ncc(OC)c3ccc(Cl)cc23)C[C@H]1C(=O)NC(=O)C(Nc1cncc(Cl)c1)C(C)(C)C. The third-order valence-electron chi connectivity index (χ3n) is 9.60. The molecule has 3 N–H and O–H groups in total. The van der Waals surface area contributed by atoms with Crippen LogP contribution in [-0.4, -0.2) is 83.6 Å². The first-order valence-electron chi connectivity index (χ1n) is 16.5. The molecule has 1 unspecified atom stereocenters. The van der Waals surface area contributed by atoms with Gasteiger partial charge in [0, 0.05) is 40.9 Å². The van der Waals surface area contributed by atoms with E-state index in [2.05, 4.69) is 31.9 Å². The number of anilines is 1. The number of fused-ring (bicyclic) bond motifs is 1. The van der Waals surface area contributed by atoms with E-state index in [1.807, 2.05) is 20.8 Å². The first-order chi connectivity index (χ1) is 24.1. The van der Waals surface area contributed by atoms with Crippen LogP contribution in [0.5, 0.6) is 11.6 Å². The molecule has 3 heterocycles. The minimum Gasteiger partial charge on any atom is -0.494 e. The van der Waals surface area contributed by atoms with Gasteiger partial charge in [0.25, 0.3) is 5.91 Å². The second kappa shape index (κ2) is 13.9. The summed E-state index contributed by atoms with van der Waals surface area (Å²) in [6.45, 7) is 9.44. The second-order valence-corrected chi connectivity index (χ2v) is 17.1. The number of halogens is 2. The van der Waals surface area contributed by atoms with Gasteiger partial charge in [0.2, 0.25) is 27.7 Å². The number of pyridine rings is 2. The molecule has 1 aliphatic heterocycles. The monoisotopic (exact) mass is 758 g/mol. The van der Waals surface area contributed by atoms with E-state index in [0.29, 0.717) is 45.1 Å². The Morgan fingerprint density at radius 3 is 2.47 bits per heavy atom. The Balaban J connectivity index is 1.32. The molecule has 3 aliphatic rings.